The Hall–Kier alpha value is -2.15. The van der Waals surface area contributed by atoms with E-state index in [1.807, 2.05) is 20.8 Å². The number of aromatic nitrogens is 2. The van der Waals surface area contributed by atoms with Crippen LogP contribution < -0.4 is 10.9 Å². The first-order chi connectivity index (χ1) is 14.9. The van der Waals surface area contributed by atoms with Crippen LogP contribution in [0.5, 0.6) is 0 Å². The summed E-state index contributed by atoms with van der Waals surface area (Å²) in [5.41, 5.74) is 2.67. The first-order valence-electron chi connectivity index (χ1n) is 10.4. The lowest BCUT2D eigenvalue weighted by molar-refractivity contribution is -0.113. The smallest absolute Gasteiger partial charge is 0.263 e. The van der Waals surface area contributed by atoms with Crippen LogP contribution in [0.1, 0.15) is 52.6 Å². The summed E-state index contributed by atoms with van der Waals surface area (Å²) in [7, 11) is 0. The second-order valence-corrected chi connectivity index (χ2v) is 10.9. The highest BCUT2D eigenvalue weighted by Crippen LogP contribution is 2.37. The van der Waals surface area contributed by atoms with E-state index in [0.717, 1.165) is 46.5 Å². The number of anilines is 1. The van der Waals surface area contributed by atoms with Gasteiger partial charge in [-0.25, -0.2) is 4.98 Å². The molecule has 1 aliphatic rings. The molecule has 0 atom stereocenters. The fourth-order valence-corrected chi connectivity index (χ4v) is 7.13. The van der Waals surface area contributed by atoms with Gasteiger partial charge in [-0.05, 0) is 57.6 Å². The molecule has 3 heterocycles. The van der Waals surface area contributed by atoms with Crippen molar-refractivity contribution >= 4 is 55.6 Å². The van der Waals surface area contributed by atoms with Gasteiger partial charge >= 0.3 is 0 Å². The monoisotopic (exact) mass is 472 g/mol. The number of aryl methyl sites for hydroxylation is 3. The Bertz CT molecular complexity index is 1260. The van der Waals surface area contributed by atoms with Crippen molar-refractivity contribution in [3.8, 4) is 6.07 Å². The van der Waals surface area contributed by atoms with Crippen molar-refractivity contribution in [2.45, 2.75) is 64.6 Å². The SMILES string of the molecule is CCn1c(SCC(=O)Nc2sc3c(c2C#N)CCCCC3)nc2sc(C)c(C)c2c1=O. The molecule has 0 bridgehead atoms. The number of thiophene rings is 2. The summed E-state index contributed by atoms with van der Waals surface area (Å²) >= 11 is 4.31. The fraction of sp³-hybridized carbons (Fsp3) is 0.455. The first-order valence-corrected chi connectivity index (χ1v) is 13.0. The molecule has 0 saturated carbocycles. The summed E-state index contributed by atoms with van der Waals surface area (Å²) in [5, 5.41) is 14.5. The number of nitrogens with zero attached hydrogens (tertiary/aromatic N) is 3. The third-order valence-electron chi connectivity index (χ3n) is 5.69. The van der Waals surface area contributed by atoms with Gasteiger partial charge in [-0.2, -0.15) is 5.26 Å². The Morgan fingerprint density at radius 1 is 1.26 bits per heavy atom. The van der Waals surface area contributed by atoms with Gasteiger partial charge in [0.2, 0.25) is 5.91 Å². The van der Waals surface area contributed by atoms with E-state index in [2.05, 4.69) is 16.4 Å². The maximum atomic E-state index is 13.0. The van der Waals surface area contributed by atoms with Crippen molar-refractivity contribution in [3.63, 3.8) is 0 Å². The summed E-state index contributed by atoms with van der Waals surface area (Å²) in [4.78, 5) is 33.4. The van der Waals surface area contributed by atoms with Crippen LogP contribution in [0.25, 0.3) is 10.2 Å². The largest absolute Gasteiger partial charge is 0.316 e. The van der Waals surface area contributed by atoms with Crippen LogP contribution in [0, 0.1) is 25.2 Å². The van der Waals surface area contributed by atoms with E-state index in [1.54, 1.807) is 4.57 Å². The second-order valence-electron chi connectivity index (χ2n) is 7.62. The quantitative estimate of drug-likeness (QED) is 0.320. The van der Waals surface area contributed by atoms with Gasteiger partial charge in [-0.1, -0.05) is 18.2 Å². The van der Waals surface area contributed by atoms with E-state index >= 15 is 0 Å². The predicted molar refractivity (Wildman–Crippen MR) is 129 cm³/mol. The van der Waals surface area contributed by atoms with Gasteiger partial charge < -0.3 is 5.32 Å². The molecule has 0 fully saturated rings. The van der Waals surface area contributed by atoms with Crippen LogP contribution in [0.4, 0.5) is 5.00 Å². The Kier molecular flexibility index (Phi) is 6.51. The summed E-state index contributed by atoms with van der Waals surface area (Å²) in [6.07, 6.45) is 5.29. The molecule has 0 saturated heterocycles. The Morgan fingerprint density at radius 3 is 2.77 bits per heavy atom. The summed E-state index contributed by atoms with van der Waals surface area (Å²) in [6, 6.07) is 2.30. The van der Waals surface area contributed by atoms with Gasteiger partial charge in [-0.3, -0.25) is 14.2 Å². The van der Waals surface area contributed by atoms with Crippen molar-refractivity contribution in [3.05, 3.63) is 36.8 Å². The van der Waals surface area contributed by atoms with E-state index in [4.69, 9.17) is 0 Å². The number of carbonyl (C=O) groups is 1. The van der Waals surface area contributed by atoms with Gasteiger partial charge in [0.15, 0.2) is 5.16 Å². The van der Waals surface area contributed by atoms with Crippen LogP contribution in [0.15, 0.2) is 9.95 Å². The lowest BCUT2D eigenvalue weighted by atomic mass is 10.1. The van der Waals surface area contributed by atoms with Crippen LogP contribution in [0.3, 0.4) is 0 Å². The van der Waals surface area contributed by atoms with E-state index < -0.39 is 0 Å². The van der Waals surface area contributed by atoms with Crippen molar-refractivity contribution in [2.24, 2.45) is 0 Å². The molecule has 162 valence electrons. The van der Waals surface area contributed by atoms with E-state index in [1.165, 1.54) is 45.7 Å². The third-order valence-corrected chi connectivity index (χ3v) is 8.97. The summed E-state index contributed by atoms with van der Waals surface area (Å²) in [5.74, 6) is -0.0530. The van der Waals surface area contributed by atoms with E-state index in [9.17, 15) is 14.9 Å². The van der Waals surface area contributed by atoms with Gasteiger partial charge in [0, 0.05) is 16.3 Å². The highest BCUT2D eigenvalue weighted by molar-refractivity contribution is 7.99. The number of fused-ring (bicyclic) bond motifs is 2. The molecule has 6 nitrogen and oxygen atoms in total. The number of thioether (sulfide) groups is 1. The molecular formula is C22H24N4O2S3. The minimum Gasteiger partial charge on any atom is -0.316 e. The highest BCUT2D eigenvalue weighted by Gasteiger charge is 2.22. The molecule has 9 heteroatoms. The molecule has 4 rings (SSSR count). The first kappa shape index (κ1) is 22.1. The number of amides is 1. The Labute approximate surface area is 193 Å². The van der Waals surface area contributed by atoms with Crippen molar-refractivity contribution in [2.75, 3.05) is 11.1 Å². The molecule has 0 aliphatic heterocycles. The topological polar surface area (TPSA) is 87.8 Å². The molecule has 1 aliphatic carbocycles. The summed E-state index contributed by atoms with van der Waals surface area (Å²) in [6.45, 7) is 6.35. The van der Waals surface area contributed by atoms with Crippen molar-refractivity contribution in [1.29, 1.82) is 5.26 Å². The molecule has 3 aromatic heterocycles. The Morgan fingerprint density at radius 2 is 2.03 bits per heavy atom. The van der Waals surface area contributed by atoms with Crippen LogP contribution >= 0.6 is 34.4 Å². The average Bonchev–Trinajstić information content (AvgIpc) is 3.10. The standard InChI is InChI=1S/C22H24N4O2S3/c1-4-26-21(28)18-12(2)13(3)30-20(18)25-22(26)29-11-17(27)24-19-15(10-23)14-8-6-5-7-9-16(14)31-19/h4-9,11H2,1-3H3,(H,24,27). The highest BCUT2D eigenvalue weighted by atomic mass is 32.2. The Balaban J connectivity index is 1.54. The average molecular weight is 473 g/mol. The molecule has 0 radical (unpaired) electrons. The molecule has 0 aromatic carbocycles. The number of hydrogen-bond acceptors (Lipinski definition) is 7. The number of nitriles is 1. The molecule has 1 N–H and O–H groups in total. The zero-order valence-corrected chi connectivity index (χ0v) is 20.3. The van der Waals surface area contributed by atoms with Crippen LogP contribution in [-0.4, -0.2) is 21.2 Å². The third kappa shape index (κ3) is 4.16. The molecule has 0 unspecified atom stereocenters. The van der Waals surface area contributed by atoms with Crippen LogP contribution in [0.2, 0.25) is 0 Å². The molecule has 31 heavy (non-hydrogen) atoms. The van der Waals surface area contributed by atoms with Crippen molar-refractivity contribution in [1.82, 2.24) is 9.55 Å². The molecule has 3 aromatic rings. The second kappa shape index (κ2) is 9.15. The van der Waals surface area contributed by atoms with E-state index in [0.29, 0.717) is 27.7 Å². The lowest BCUT2D eigenvalue weighted by Crippen LogP contribution is -2.23. The number of rotatable bonds is 5. The van der Waals surface area contributed by atoms with Gasteiger partial charge in [-0.15, -0.1) is 22.7 Å². The maximum absolute atomic E-state index is 13.0. The van der Waals surface area contributed by atoms with Crippen molar-refractivity contribution < 1.29 is 4.79 Å². The normalized spacial score (nSPS) is 13.6. The van der Waals surface area contributed by atoms with E-state index in [-0.39, 0.29) is 17.2 Å². The minimum atomic E-state index is -0.187. The minimum absolute atomic E-state index is 0.0500. The predicted octanol–water partition coefficient (Wildman–Crippen LogP) is 5.03. The fourth-order valence-electron chi connectivity index (χ4n) is 3.94. The number of hydrogen-bond donors (Lipinski definition) is 1. The molecule has 1 amide bonds. The van der Waals surface area contributed by atoms with Gasteiger partial charge in [0.1, 0.15) is 15.9 Å². The summed E-state index contributed by atoms with van der Waals surface area (Å²) < 4.78 is 1.63. The zero-order valence-electron chi connectivity index (χ0n) is 17.8. The van der Waals surface area contributed by atoms with Crippen LogP contribution in [-0.2, 0) is 24.2 Å². The molecular weight excluding hydrogens is 448 g/mol. The number of carbonyl (C=O) groups excluding carboxylic acids is 1. The maximum Gasteiger partial charge on any atom is 0.263 e. The lowest BCUT2D eigenvalue weighted by Gasteiger charge is -2.10. The zero-order chi connectivity index (χ0) is 22.1. The van der Waals surface area contributed by atoms with Gasteiger partial charge in [0.25, 0.3) is 5.56 Å². The molecule has 0 spiro atoms. The van der Waals surface area contributed by atoms with Gasteiger partial charge in [0.05, 0.1) is 16.7 Å². The number of nitrogens with one attached hydrogen (secondary N) is 1.